The molecule has 2 unspecified atom stereocenters. The van der Waals surface area contributed by atoms with Crippen LogP contribution in [0.2, 0.25) is 0 Å². The molecule has 2 fully saturated rings. The number of rotatable bonds is 3. The van der Waals surface area contributed by atoms with Crippen molar-refractivity contribution in [1.29, 1.82) is 0 Å². The molecule has 0 spiro atoms. The maximum atomic E-state index is 9.47. The average Bonchev–Trinajstić information content (AvgIpc) is 2.84. The van der Waals surface area contributed by atoms with Gasteiger partial charge in [0.2, 0.25) is 0 Å². The van der Waals surface area contributed by atoms with Crippen LogP contribution in [0.15, 0.2) is 24.3 Å². The highest BCUT2D eigenvalue weighted by molar-refractivity contribution is 5.38. The molecule has 0 bridgehead atoms. The maximum Gasteiger partial charge on any atom is 0.115 e. The number of hydrogen-bond donors (Lipinski definition) is 2. The Morgan fingerprint density at radius 2 is 1.76 bits per heavy atom. The van der Waals surface area contributed by atoms with E-state index in [1.54, 1.807) is 12.1 Å². The van der Waals surface area contributed by atoms with Gasteiger partial charge in [-0.05, 0) is 48.8 Å². The lowest BCUT2D eigenvalue weighted by Crippen LogP contribution is -2.21. The summed E-state index contributed by atoms with van der Waals surface area (Å²) in [6.45, 7) is 0.303. The van der Waals surface area contributed by atoms with E-state index in [2.05, 4.69) is 0 Å². The molecule has 2 nitrogen and oxygen atoms in total. The normalized spacial score (nSPS) is 32.9. The summed E-state index contributed by atoms with van der Waals surface area (Å²) in [7, 11) is 0. The Morgan fingerprint density at radius 1 is 1.12 bits per heavy atom. The standard InChI is InChI=1S/C15H20O2/c16-10-13-9-15(13,11-3-1-2-4-11)12-5-7-14(17)8-6-12/h5-8,11,13,16-17H,1-4,9-10H2. The van der Waals surface area contributed by atoms with Gasteiger partial charge in [-0.1, -0.05) is 25.0 Å². The number of phenolic OH excluding ortho intramolecular Hbond substituents is 1. The van der Waals surface area contributed by atoms with E-state index >= 15 is 0 Å². The van der Waals surface area contributed by atoms with Gasteiger partial charge in [-0.25, -0.2) is 0 Å². The summed E-state index contributed by atoms with van der Waals surface area (Å²) in [6.07, 6.45) is 6.40. The van der Waals surface area contributed by atoms with Crippen LogP contribution in [0.5, 0.6) is 5.75 Å². The Bertz CT molecular complexity index is 392. The highest BCUT2D eigenvalue weighted by Gasteiger charge is 2.59. The van der Waals surface area contributed by atoms with Crippen molar-refractivity contribution < 1.29 is 10.2 Å². The first-order valence-corrected chi connectivity index (χ1v) is 6.68. The Hall–Kier alpha value is -1.02. The van der Waals surface area contributed by atoms with Gasteiger partial charge in [0.25, 0.3) is 0 Å². The van der Waals surface area contributed by atoms with Crippen molar-refractivity contribution in [1.82, 2.24) is 0 Å². The van der Waals surface area contributed by atoms with Gasteiger partial charge in [0.1, 0.15) is 5.75 Å². The molecule has 2 atom stereocenters. The van der Waals surface area contributed by atoms with E-state index in [1.165, 1.54) is 31.2 Å². The van der Waals surface area contributed by atoms with E-state index in [4.69, 9.17) is 0 Å². The summed E-state index contributed by atoms with van der Waals surface area (Å²) in [6, 6.07) is 7.64. The topological polar surface area (TPSA) is 40.5 Å². The third-order valence-corrected chi connectivity index (χ3v) is 4.86. The summed E-state index contributed by atoms with van der Waals surface area (Å²) >= 11 is 0. The van der Waals surface area contributed by atoms with Gasteiger partial charge in [-0.3, -0.25) is 0 Å². The lowest BCUT2D eigenvalue weighted by atomic mass is 9.79. The fraction of sp³-hybridized carbons (Fsp3) is 0.600. The molecule has 3 rings (SSSR count). The number of aliphatic hydroxyl groups excluding tert-OH is 1. The van der Waals surface area contributed by atoms with Gasteiger partial charge in [-0.15, -0.1) is 0 Å². The van der Waals surface area contributed by atoms with Crippen molar-refractivity contribution in [3.8, 4) is 5.75 Å². The molecule has 0 amide bonds. The zero-order valence-corrected chi connectivity index (χ0v) is 10.1. The molecule has 0 aliphatic heterocycles. The van der Waals surface area contributed by atoms with Crippen LogP contribution in [0.3, 0.4) is 0 Å². The van der Waals surface area contributed by atoms with Crippen molar-refractivity contribution in [2.75, 3.05) is 6.61 Å². The Labute approximate surface area is 102 Å². The van der Waals surface area contributed by atoms with Crippen molar-refractivity contribution in [2.45, 2.75) is 37.5 Å². The molecule has 2 heteroatoms. The number of phenols is 1. The largest absolute Gasteiger partial charge is 0.508 e. The predicted octanol–water partition coefficient (Wildman–Crippen LogP) is 2.83. The highest BCUT2D eigenvalue weighted by atomic mass is 16.3. The second-order valence-corrected chi connectivity index (χ2v) is 5.65. The number of benzene rings is 1. The van der Waals surface area contributed by atoms with Crippen LogP contribution in [-0.4, -0.2) is 16.8 Å². The van der Waals surface area contributed by atoms with Crippen LogP contribution >= 0.6 is 0 Å². The second kappa shape index (κ2) is 4.02. The molecule has 0 saturated heterocycles. The van der Waals surface area contributed by atoms with Gasteiger partial charge < -0.3 is 10.2 Å². The lowest BCUT2D eigenvalue weighted by Gasteiger charge is -2.25. The summed E-state index contributed by atoms with van der Waals surface area (Å²) < 4.78 is 0. The molecular weight excluding hydrogens is 212 g/mol. The van der Waals surface area contributed by atoms with E-state index in [-0.39, 0.29) is 5.41 Å². The minimum absolute atomic E-state index is 0.221. The molecule has 2 aliphatic rings. The minimum atomic E-state index is 0.221. The molecule has 92 valence electrons. The Morgan fingerprint density at radius 3 is 2.29 bits per heavy atom. The van der Waals surface area contributed by atoms with Crippen molar-refractivity contribution in [3.63, 3.8) is 0 Å². The van der Waals surface area contributed by atoms with E-state index in [0.29, 0.717) is 18.3 Å². The van der Waals surface area contributed by atoms with Crippen molar-refractivity contribution in [3.05, 3.63) is 29.8 Å². The first-order chi connectivity index (χ1) is 8.27. The van der Waals surface area contributed by atoms with E-state index in [0.717, 1.165) is 12.3 Å². The summed E-state index contributed by atoms with van der Waals surface area (Å²) in [5.41, 5.74) is 1.54. The number of aliphatic hydroxyl groups is 1. The van der Waals surface area contributed by atoms with Crippen LogP contribution in [0.25, 0.3) is 0 Å². The van der Waals surface area contributed by atoms with Crippen LogP contribution in [0, 0.1) is 11.8 Å². The molecular formula is C15H20O2. The van der Waals surface area contributed by atoms with E-state index in [9.17, 15) is 10.2 Å². The van der Waals surface area contributed by atoms with Crippen LogP contribution in [0.1, 0.15) is 37.7 Å². The highest BCUT2D eigenvalue weighted by Crippen LogP contribution is 2.62. The van der Waals surface area contributed by atoms with Gasteiger partial charge in [0.15, 0.2) is 0 Å². The zero-order valence-electron chi connectivity index (χ0n) is 10.1. The van der Waals surface area contributed by atoms with Crippen LogP contribution < -0.4 is 0 Å². The molecule has 2 aliphatic carbocycles. The third kappa shape index (κ3) is 1.66. The third-order valence-electron chi connectivity index (χ3n) is 4.86. The molecule has 0 heterocycles. The first-order valence-electron chi connectivity index (χ1n) is 6.68. The smallest absolute Gasteiger partial charge is 0.115 e. The fourth-order valence-corrected chi connectivity index (χ4v) is 3.88. The van der Waals surface area contributed by atoms with Gasteiger partial charge >= 0.3 is 0 Å². The SMILES string of the molecule is OCC1CC1(c1ccc(O)cc1)C1CCCC1. The Kier molecular flexibility index (Phi) is 2.62. The van der Waals surface area contributed by atoms with Crippen molar-refractivity contribution in [2.24, 2.45) is 11.8 Å². The van der Waals surface area contributed by atoms with Crippen molar-refractivity contribution >= 4 is 0 Å². The summed E-state index contributed by atoms with van der Waals surface area (Å²) in [5.74, 6) is 1.51. The molecule has 1 aromatic rings. The number of hydrogen-bond acceptors (Lipinski definition) is 2. The van der Waals surface area contributed by atoms with Crippen LogP contribution in [0.4, 0.5) is 0 Å². The monoisotopic (exact) mass is 232 g/mol. The molecule has 0 radical (unpaired) electrons. The Balaban J connectivity index is 1.92. The van der Waals surface area contributed by atoms with Crippen LogP contribution in [-0.2, 0) is 5.41 Å². The second-order valence-electron chi connectivity index (χ2n) is 5.65. The molecule has 0 aromatic heterocycles. The van der Waals surface area contributed by atoms with Gasteiger partial charge in [0.05, 0.1) is 0 Å². The fourth-order valence-electron chi connectivity index (χ4n) is 3.88. The van der Waals surface area contributed by atoms with E-state index < -0.39 is 0 Å². The predicted molar refractivity (Wildman–Crippen MR) is 66.9 cm³/mol. The minimum Gasteiger partial charge on any atom is -0.508 e. The first kappa shape index (κ1) is 11.1. The molecule has 2 saturated carbocycles. The zero-order chi connectivity index (χ0) is 11.9. The molecule has 17 heavy (non-hydrogen) atoms. The van der Waals surface area contributed by atoms with Gasteiger partial charge in [0, 0.05) is 12.0 Å². The summed E-state index contributed by atoms with van der Waals surface area (Å²) in [5, 5.41) is 18.9. The molecule has 1 aromatic carbocycles. The van der Waals surface area contributed by atoms with Gasteiger partial charge in [-0.2, -0.15) is 0 Å². The average molecular weight is 232 g/mol. The maximum absolute atomic E-state index is 9.47. The molecule has 2 N–H and O–H groups in total. The quantitative estimate of drug-likeness (QED) is 0.841. The number of aromatic hydroxyl groups is 1. The summed E-state index contributed by atoms with van der Waals surface area (Å²) in [4.78, 5) is 0. The lowest BCUT2D eigenvalue weighted by molar-refractivity contribution is 0.246. The van der Waals surface area contributed by atoms with E-state index in [1.807, 2.05) is 12.1 Å².